The standard InChI is InChI=1S/C14H23NO/c1-4-5-6-12-7-9-13(10-8-12)14(2,15)11-16-3/h7-10H,4-6,11,15H2,1-3H3. The smallest absolute Gasteiger partial charge is 0.0681 e. The number of nitrogens with two attached hydrogens (primary N) is 1. The molecule has 2 N–H and O–H groups in total. The first-order valence-corrected chi connectivity index (χ1v) is 5.97. The van der Waals surface area contributed by atoms with E-state index in [1.807, 2.05) is 6.92 Å². The summed E-state index contributed by atoms with van der Waals surface area (Å²) < 4.78 is 5.13. The van der Waals surface area contributed by atoms with Crippen molar-refractivity contribution < 1.29 is 4.74 Å². The van der Waals surface area contributed by atoms with Crippen molar-refractivity contribution in [2.75, 3.05) is 13.7 Å². The van der Waals surface area contributed by atoms with Crippen molar-refractivity contribution in [2.45, 2.75) is 38.6 Å². The molecule has 2 heteroatoms. The van der Waals surface area contributed by atoms with E-state index < -0.39 is 5.54 Å². The average molecular weight is 221 g/mol. The van der Waals surface area contributed by atoms with E-state index in [-0.39, 0.29) is 0 Å². The van der Waals surface area contributed by atoms with Crippen molar-refractivity contribution in [3.63, 3.8) is 0 Å². The van der Waals surface area contributed by atoms with Gasteiger partial charge < -0.3 is 10.5 Å². The molecular weight excluding hydrogens is 198 g/mol. The lowest BCUT2D eigenvalue weighted by Gasteiger charge is -2.24. The predicted octanol–water partition coefficient (Wildman–Crippen LogP) is 2.85. The quantitative estimate of drug-likeness (QED) is 0.801. The highest BCUT2D eigenvalue weighted by Gasteiger charge is 2.20. The molecule has 0 aromatic heterocycles. The molecular formula is C14H23NO. The van der Waals surface area contributed by atoms with E-state index in [0.29, 0.717) is 6.61 Å². The van der Waals surface area contributed by atoms with Gasteiger partial charge in [-0.3, -0.25) is 0 Å². The molecule has 1 aromatic rings. The zero-order chi connectivity index (χ0) is 12.0. The van der Waals surface area contributed by atoms with Gasteiger partial charge >= 0.3 is 0 Å². The van der Waals surface area contributed by atoms with Crippen LogP contribution in [0.5, 0.6) is 0 Å². The number of hydrogen-bond acceptors (Lipinski definition) is 2. The lowest BCUT2D eigenvalue weighted by Crippen LogP contribution is -2.37. The Morgan fingerprint density at radius 3 is 2.38 bits per heavy atom. The molecule has 0 saturated carbocycles. The Morgan fingerprint density at radius 1 is 1.25 bits per heavy atom. The third-order valence-corrected chi connectivity index (χ3v) is 2.88. The Morgan fingerprint density at radius 2 is 1.88 bits per heavy atom. The summed E-state index contributed by atoms with van der Waals surface area (Å²) in [5, 5.41) is 0. The van der Waals surface area contributed by atoms with E-state index >= 15 is 0 Å². The highest BCUT2D eigenvalue weighted by Crippen LogP contribution is 2.19. The largest absolute Gasteiger partial charge is 0.382 e. The highest BCUT2D eigenvalue weighted by atomic mass is 16.5. The number of aryl methyl sites for hydroxylation is 1. The number of methoxy groups -OCH3 is 1. The van der Waals surface area contributed by atoms with Crippen LogP contribution in [0.3, 0.4) is 0 Å². The van der Waals surface area contributed by atoms with E-state index in [9.17, 15) is 0 Å². The van der Waals surface area contributed by atoms with Gasteiger partial charge in [-0.05, 0) is 30.9 Å². The van der Waals surface area contributed by atoms with Gasteiger partial charge in [0.05, 0.1) is 12.1 Å². The van der Waals surface area contributed by atoms with Gasteiger partial charge in [0.15, 0.2) is 0 Å². The van der Waals surface area contributed by atoms with E-state index in [4.69, 9.17) is 10.5 Å². The monoisotopic (exact) mass is 221 g/mol. The molecule has 0 aliphatic carbocycles. The molecule has 1 unspecified atom stereocenters. The third kappa shape index (κ3) is 3.62. The van der Waals surface area contributed by atoms with Crippen molar-refractivity contribution in [3.05, 3.63) is 35.4 Å². The van der Waals surface area contributed by atoms with Crippen LogP contribution < -0.4 is 5.73 Å². The second-order valence-electron chi connectivity index (χ2n) is 4.65. The molecule has 2 nitrogen and oxygen atoms in total. The Hall–Kier alpha value is -0.860. The van der Waals surface area contributed by atoms with Gasteiger partial charge in [-0.15, -0.1) is 0 Å². The Kier molecular flexibility index (Phi) is 4.97. The SMILES string of the molecule is CCCCc1ccc(C(C)(N)COC)cc1. The summed E-state index contributed by atoms with van der Waals surface area (Å²) >= 11 is 0. The van der Waals surface area contributed by atoms with E-state index in [1.54, 1.807) is 7.11 Å². The predicted molar refractivity (Wildman–Crippen MR) is 68.5 cm³/mol. The minimum absolute atomic E-state index is 0.391. The van der Waals surface area contributed by atoms with Crippen molar-refractivity contribution in [1.29, 1.82) is 0 Å². The molecule has 16 heavy (non-hydrogen) atoms. The number of benzene rings is 1. The van der Waals surface area contributed by atoms with Gasteiger partial charge in [-0.25, -0.2) is 0 Å². The minimum Gasteiger partial charge on any atom is -0.382 e. The summed E-state index contributed by atoms with van der Waals surface area (Å²) in [6.45, 7) is 4.75. The van der Waals surface area contributed by atoms with Crippen molar-refractivity contribution in [3.8, 4) is 0 Å². The molecule has 0 spiro atoms. The molecule has 1 rings (SSSR count). The summed E-state index contributed by atoms with van der Waals surface area (Å²) in [5.74, 6) is 0. The first kappa shape index (κ1) is 13.2. The summed E-state index contributed by atoms with van der Waals surface area (Å²) in [5.41, 5.74) is 8.30. The third-order valence-electron chi connectivity index (χ3n) is 2.88. The summed E-state index contributed by atoms with van der Waals surface area (Å²) in [7, 11) is 1.68. The van der Waals surface area contributed by atoms with Crippen molar-refractivity contribution in [2.24, 2.45) is 5.73 Å². The fraction of sp³-hybridized carbons (Fsp3) is 0.571. The highest BCUT2D eigenvalue weighted by molar-refractivity contribution is 5.28. The Balaban J connectivity index is 2.70. The maximum atomic E-state index is 6.17. The second-order valence-corrected chi connectivity index (χ2v) is 4.65. The molecule has 0 heterocycles. The zero-order valence-corrected chi connectivity index (χ0v) is 10.6. The molecule has 0 amide bonds. The maximum Gasteiger partial charge on any atom is 0.0681 e. The van der Waals surface area contributed by atoms with Gasteiger partial charge in [-0.2, -0.15) is 0 Å². The van der Waals surface area contributed by atoms with E-state index in [1.165, 1.54) is 18.4 Å². The van der Waals surface area contributed by atoms with Crippen LogP contribution in [-0.4, -0.2) is 13.7 Å². The Bertz CT molecular complexity index is 303. The lowest BCUT2D eigenvalue weighted by molar-refractivity contribution is 0.141. The van der Waals surface area contributed by atoms with Gasteiger partial charge in [-0.1, -0.05) is 37.6 Å². The summed E-state index contributed by atoms with van der Waals surface area (Å²) in [4.78, 5) is 0. The molecule has 0 bridgehead atoms. The van der Waals surface area contributed by atoms with Crippen LogP contribution in [-0.2, 0) is 16.7 Å². The fourth-order valence-electron chi connectivity index (χ4n) is 1.82. The molecule has 1 atom stereocenters. The Labute approximate surface area is 98.8 Å². The molecule has 0 aliphatic rings. The number of unbranched alkanes of at least 4 members (excludes halogenated alkanes) is 1. The van der Waals surface area contributed by atoms with Crippen LogP contribution in [0.1, 0.15) is 37.8 Å². The first-order valence-electron chi connectivity index (χ1n) is 5.97. The van der Waals surface area contributed by atoms with Gasteiger partial charge in [0.25, 0.3) is 0 Å². The van der Waals surface area contributed by atoms with Gasteiger partial charge in [0, 0.05) is 7.11 Å². The molecule has 0 saturated heterocycles. The van der Waals surface area contributed by atoms with Crippen molar-refractivity contribution >= 4 is 0 Å². The second kappa shape index (κ2) is 6.02. The van der Waals surface area contributed by atoms with Crippen LogP contribution >= 0.6 is 0 Å². The molecule has 0 fully saturated rings. The topological polar surface area (TPSA) is 35.2 Å². The molecule has 0 radical (unpaired) electrons. The fourth-order valence-corrected chi connectivity index (χ4v) is 1.82. The molecule has 0 aliphatic heterocycles. The molecule has 90 valence electrons. The zero-order valence-electron chi connectivity index (χ0n) is 10.6. The summed E-state index contributed by atoms with van der Waals surface area (Å²) in [6.07, 6.45) is 3.64. The maximum absolute atomic E-state index is 6.17. The molecule has 1 aromatic carbocycles. The van der Waals surface area contributed by atoms with E-state index in [0.717, 1.165) is 12.0 Å². The van der Waals surface area contributed by atoms with Crippen LogP contribution in [0.25, 0.3) is 0 Å². The normalized spacial score (nSPS) is 14.8. The lowest BCUT2D eigenvalue weighted by atomic mass is 9.93. The van der Waals surface area contributed by atoms with Gasteiger partial charge in [0.1, 0.15) is 0 Å². The number of ether oxygens (including phenoxy) is 1. The average Bonchev–Trinajstić information content (AvgIpc) is 2.27. The van der Waals surface area contributed by atoms with Crippen molar-refractivity contribution in [1.82, 2.24) is 0 Å². The van der Waals surface area contributed by atoms with Gasteiger partial charge in [0.2, 0.25) is 0 Å². The van der Waals surface area contributed by atoms with Crippen LogP contribution in [0, 0.1) is 0 Å². The summed E-state index contributed by atoms with van der Waals surface area (Å²) in [6, 6.07) is 8.57. The van der Waals surface area contributed by atoms with Crippen LogP contribution in [0.4, 0.5) is 0 Å². The number of rotatable bonds is 6. The van der Waals surface area contributed by atoms with E-state index in [2.05, 4.69) is 31.2 Å². The number of hydrogen-bond donors (Lipinski definition) is 1. The van der Waals surface area contributed by atoms with Crippen LogP contribution in [0.15, 0.2) is 24.3 Å². The first-order chi connectivity index (χ1) is 7.60. The van der Waals surface area contributed by atoms with Crippen LogP contribution in [0.2, 0.25) is 0 Å². The minimum atomic E-state index is -0.391.